The van der Waals surface area contributed by atoms with Gasteiger partial charge >= 0.3 is 0 Å². The number of nitrogens with zero attached hydrogens (tertiary/aromatic N) is 2. The Kier molecular flexibility index (Phi) is 5.58. The summed E-state index contributed by atoms with van der Waals surface area (Å²) < 4.78 is 5.49. The number of rotatable bonds is 7. The van der Waals surface area contributed by atoms with Crippen LogP contribution in [0.3, 0.4) is 0 Å². The van der Waals surface area contributed by atoms with Gasteiger partial charge in [0.25, 0.3) is 5.91 Å². The van der Waals surface area contributed by atoms with E-state index in [0.29, 0.717) is 37.9 Å². The molecule has 2 fully saturated rings. The number of aromatic amines is 1. The Morgan fingerprint density at radius 1 is 1.34 bits per heavy atom. The summed E-state index contributed by atoms with van der Waals surface area (Å²) in [5.41, 5.74) is 0.874. The summed E-state index contributed by atoms with van der Waals surface area (Å²) in [7, 11) is 0. The molecule has 2 aromatic heterocycles. The lowest BCUT2D eigenvalue weighted by atomic mass is 9.86. The smallest absolute Gasteiger partial charge is 0.272 e. The molecule has 3 heterocycles. The number of likely N-dealkylation sites (tertiary alicyclic amines) is 1. The van der Waals surface area contributed by atoms with Crippen molar-refractivity contribution in [3.05, 3.63) is 30.1 Å². The molecule has 156 valence electrons. The van der Waals surface area contributed by atoms with E-state index in [-0.39, 0.29) is 23.1 Å². The zero-order valence-electron chi connectivity index (χ0n) is 17.2. The Labute approximate surface area is 171 Å². The van der Waals surface area contributed by atoms with Crippen molar-refractivity contribution in [3.63, 3.8) is 0 Å². The van der Waals surface area contributed by atoms with Gasteiger partial charge < -0.3 is 19.9 Å². The molecule has 7 heteroatoms. The Balaban J connectivity index is 1.36. The van der Waals surface area contributed by atoms with Crippen molar-refractivity contribution in [2.24, 2.45) is 17.3 Å². The first kappa shape index (κ1) is 19.9. The second-order valence-electron chi connectivity index (χ2n) is 8.52. The standard InChI is InChI=1S/C22H30N4O3/c1-3-29-14-22(8-9-22)21(28)24-12-17-13-26(11-7-15(17)2)20(27)18-5-4-16-6-10-23-19(16)25-18/h4-6,10,15,17H,3,7-9,11-14H2,1-2H3,(H,23,25)(H,24,28). The predicted molar refractivity (Wildman–Crippen MR) is 110 cm³/mol. The number of aromatic nitrogens is 2. The molecule has 7 nitrogen and oxygen atoms in total. The SMILES string of the molecule is CCOCC1(C(=O)NCC2CN(C(=O)c3ccc4cc[nH]c4n3)CCC2C)CC1. The van der Waals surface area contributed by atoms with Gasteiger partial charge in [0.1, 0.15) is 11.3 Å². The van der Waals surface area contributed by atoms with Crippen molar-refractivity contribution in [1.82, 2.24) is 20.2 Å². The van der Waals surface area contributed by atoms with Crippen molar-refractivity contribution < 1.29 is 14.3 Å². The molecule has 0 spiro atoms. The summed E-state index contributed by atoms with van der Waals surface area (Å²) in [5.74, 6) is 0.759. The van der Waals surface area contributed by atoms with Crippen molar-refractivity contribution >= 4 is 22.8 Å². The molecule has 0 radical (unpaired) electrons. The predicted octanol–water partition coefficient (Wildman–Crippen LogP) is 2.59. The Hall–Kier alpha value is -2.41. The molecule has 2 aliphatic rings. The van der Waals surface area contributed by atoms with Crippen molar-refractivity contribution in [2.45, 2.75) is 33.1 Å². The number of piperidine rings is 1. The van der Waals surface area contributed by atoms with Gasteiger partial charge in [-0.1, -0.05) is 6.92 Å². The van der Waals surface area contributed by atoms with E-state index in [9.17, 15) is 9.59 Å². The Morgan fingerprint density at radius 2 is 2.17 bits per heavy atom. The van der Waals surface area contributed by atoms with Gasteiger partial charge in [-0.15, -0.1) is 0 Å². The minimum absolute atomic E-state index is 0.0419. The third-order valence-corrected chi connectivity index (χ3v) is 6.47. The average Bonchev–Trinajstić information content (AvgIpc) is 3.39. The zero-order valence-corrected chi connectivity index (χ0v) is 17.2. The second-order valence-corrected chi connectivity index (χ2v) is 8.52. The molecule has 29 heavy (non-hydrogen) atoms. The first-order valence-electron chi connectivity index (χ1n) is 10.6. The van der Waals surface area contributed by atoms with Crippen molar-refractivity contribution in [1.29, 1.82) is 0 Å². The molecule has 2 unspecified atom stereocenters. The van der Waals surface area contributed by atoms with E-state index in [1.807, 2.05) is 30.2 Å². The van der Waals surface area contributed by atoms with Crippen LogP contribution in [-0.2, 0) is 9.53 Å². The first-order valence-corrected chi connectivity index (χ1v) is 10.6. The average molecular weight is 399 g/mol. The third-order valence-electron chi connectivity index (χ3n) is 6.47. The molecule has 1 saturated carbocycles. The van der Waals surface area contributed by atoms with Gasteiger partial charge in [-0.2, -0.15) is 0 Å². The van der Waals surface area contributed by atoms with Crippen LogP contribution in [0.2, 0.25) is 0 Å². The summed E-state index contributed by atoms with van der Waals surface area (Å²) >= 11 is 0. The maximum absolute atomic E-state index is 13.0. The quantitative estimate of drug-likeness (QED) is 0.750. The van der Waals surface area contributed by atoms with Gasteiger partial charge in [0.2, 0.25) is 5.91 Å². The van der Waals surface area contributed by atoms with Crippen LogP contribution in [0.1, 0.15) is 43.6 Å². The van der Waals surface area contributed by atoms with E-state index in [1.54, 1.807) is 6.07 Å². The van der Waals surface area contributed by atoms with Crippen molar-refractivity contribution in [3.8, 4) is 0 Å². The summed E-state index contributed by atoms with van der Waals surface area (Å²) in [6, 6.07) is 5.65. The number of pyridine rings is 1. The molecule has 0 bridgehead atoms. The van der Waals surface area contributed by atoms with Crippen LogP contribution in [0.25, 0.3) is 11.0 Å². The van der Waals surface area contributed by atoms with Crippen LogP contribution < -0.4 is 5.32 Å². The summed E-state index contributed by atoms with van der Waals surface area (Å²) in [6.45, 7) is 7.26. The highest BCUT2D eigenvalue weighted by Gasteiger charge is 2.50. The molecule has 2 amide bonds. The highest BCUT2D eigenvalue weighted by molar-refractivity contribution is 5.94. The fourth-order valence-corrected chi connectivity index (χ4v) is 4.11. The maximum Gasteiger partial charge on any atom is 0.272 e. The van der Waals surface area contributed by atoms with Crippen LogP contribution in [0, 0.1) is 17.3 Å². The van der Waals surface area contributed by atoms with Crippen LogP contribution in [0.15, 0.2) is 24.4 Å². The number of carbonyl (C=O) groups excluding carboxylic acids is 2. The minimum Gasteiger partial charge on any atom is -0.381 e. The first-order chi connectivity index (χ1) is 14.0. The molecule has 1 aliphatic carbocycles. The van der Waals surface area contributed by atoms with Crippen LogP contribution >= 0.6 is 0 Å². The van der Waals surface area contributed by atoms with Crippen molar-refractivity contribution in [2.75, 3.05) is 32.8 Å². The Bertz CT molecular complexity index is 889. The monoisotopic (exact) mass is 398 g/mol. The minimum atomic E-state index is -0.321. The fraction of sp³-hybridized carbons (Fsp3) is 0.591. The molecular formula is C22H30N4O3. The van der Waals surface area contributed by atoms with E-state index in [1.165, 1.54) is 0 Å². The molecule has 4 rings (SSSR count). The highest BCUT2D eigenvalue weighted by Crippen LogP contribution is 2.46. The summed E-state index contributed by atoms with van der Waals surface area (Å²) in [5, 5.41) is 4.13. The molecule has 1 aliphatic heterocycles. The van der Waals surface area contributed by atoms with Gasteiger partial charge in [0, 0.05) is 37.8 Å². The lowest BCUT2D eigenvalue weighted by molar-refractivity contribution is -0.128. The number of H-pyrrole nitrogens is 1. The number of amides is 2. The topological polar surface area (TPSA) is 87.3 Å². The van der Waals surface area contributed by atoms with Crippen LogP contribution in [0.4, 0.5) is 0 Å². The molecule has 1 saturated heterocycles. The lowest BCUT2D eigenvalue weighted by Crippen LogP contribution is -2.48. The lowest BCUT2D eigenvalue weighted by Gasteiger charge is -2.37. The number of nitrogens with one attached hydrogen (secondary N) is 2. The molecule has 2 atom stereocenters. The van der Waals surface area contributed by atoms with Crippen LogP contribution in [0.5, 0.6) is 0 Å². The third kappa shape index (κ3) is 4.15. The second kappa shape index (κ2) is 8.14. The van der Waals surface area contributed by atoms with Crippen LogP contribution in [-0.4, -0.2) is 59.5 Å². The normalized spacial score (nSPS) is 23.2. The number of hydrogen-bond donors (Lipinski definition) is 2. The number of hydrogen-bond acceptors (Lipinski definition) is 4. The fourth-order valence-electron chi connectivity index (χ4n) is 4.11. The number of carbonyl (C=O) groups is 2. The van der Waals surface area contributed by atoms with E-state index in [4.69, 9.17) is 4.74 Å². The van der Waals surface area contributed by atoms with Gasteiger partial charge in [-0.05, 0) is 56.2 Å². The maximum atomic E-state index is 13.0. The number of fused-ring (bicyclic) bond motifs is 1. The largest absolute Gasteiger partial charge is 0.381 e. The molecule has 2 aromatic rings. The molecule has 2 N–H and O–H groups in total. The van der Waals surface area contributed by atoms with E-state index in [0.717, 1.165) is 36.8 Å². The van der Waals surface area contributed by atoms with Gasteiger partial charge in [0.05, 0.1) is 12.0 Å². The highest BCUT2D eigenvalue weighted by atomic mass is 16.5. The van der Waals surface area contributed by atoms with Gasteiger partial charge in [0.15, 0.2) is 0 Å². The van der Waals surface area contributed by atoms with Gasteiger partial charge in [-0.25, -0.2) is 4.98 Å². The van der Waals surface area contributed by atoms with Gasteiger partial charge in [-0.3, -0.25) is 9.59 Å². The Morgan fingerprint density at radius 3 is 2.93 bits per heavy atom. The van der Waals surface area contributed by atoms with E-state index in [2.05, 4.69) is 22.2 Å². The van der Waals surface area contributed by atoms with E-state index >= 15 is 0 Å². The van der Waals surface area contributed by atoms with E-state index < -0.39 is 0 Å². The zero-order chi connectivity index (χ0) is 20.4. The summed E-state index contributed by atoms with van der Waals surface area (Å²) in [6.07, 6.45) is 4.56. The number of ether oxygens (including phenoxy) is 1. The summed E-state index contributed by atoms with van der Waals surface area (Å²) in [4.78, 5) is 35.0. The molecule has 0 aromatic carbocycles. The molecular weight excluding hydrogens is 368 g/mol.